The van der Waals surface area contributed by atoms with Crippen LogP contribution in [-0.4, -0.2) is 13.7 Å². The van der Waals surface area contributed by atoms with Gasteiger partial charge in [0.05, 0.1) is 50.2 Å². The van der Waals surface area contributed by atoms with Crippen molar-refractivity contribution in [1.29, 1.82) is 0 Å². The van der Waals surface area contributed by atoms with Gasteiger partial charge in [-0.05, 0) is 65.7 Å². The van der Waals surface area contributed by atoms with Gasteiger partial charge in [0.25, 0.3) is 0 Å². The fourth-order valence-corrected chi connectivity index (χ4v) is 10.4. The minimum Gasteiger partial charge on any atom is -0.309 e. The number of aromatic nitrogens is 3. The molecule has 0 radical (unpaired) electrons. The zero-order valence-corrected chi connectivity index (χ0v) is 34.4. The van der Waals surface area contributed by atoms with Gasteiger partial charge in [-0.15, -0.1) is 0 Å². The number of hydrogen-bond donors (Lipinski definition) is 0. The molecule has 13 aromatic rings. The Morgan fingerprint density at radius 2 is 0.508 bits per heavy atom. The molecule has 0 atom stereocenters. The lowest BCUT2D eigenvalue weighted by atomic mass is 9.92. The number of nitrogens with zero attached hydrogens (tertiary/aromatic N) is 3. The molecule has 0 aliphatic rings. The molecule has 3 heterocycles. The second-order valence-corrected chi connectivity index (χ2v) is 16.4. The molecule has 294 valence electrons. The topological polar surface area (TPSA) is 14.8 Å². The highest BCUT2D eigenvalue weighted by Crippen LogP contribution is 2.45. The van der Waals surface area contributed by atoms with E-state index in [4.69, 9.17) is 0 Å². The summed E-state index contributed by atoms with van der Waals surface area (Å²) in [5.74, 6) is 0. The number of benzene rings is 10. The molecule has 63 heavy (non-hydrogen) atoms. The highest BCUT2D eigenvalue weighted by atomic mass is 15.0. The first-order valence-corrected chi connectivity index (χ1v) is 21.7. The third-order valence-electron chi connectivity index (χ3n) is 13.1. The molecule has 0 fully saturated rings. The highest BCUT2D eigenvalue weighted by molar-refractivity contribution is 6.13. The van der Waals surface area contributed by atoms with Crippen molar-refractivity contribution in [3.8, 4) is 50.4 Å². The van der Waals surface area contributed by atoms with Crippen molar-refractivity contribution in [3.05, 3.63) is 237 Å². The Morgan fingerprint density at radius 1 is 0.206 bits per heavy atom. The standard InChI is InChI=1S/C60H39N3/c1-9-31-52(61-53-32-10-2-22-44(53)45-23-3-11-33-54(45)61)42(21-1)40-19-17-20-41(39-40)43-29-18-30-51(60(43)63-58-37-15-6-26-48(58)49-27-7-16-38-59(49)63)50-28-8-14-36-57(50)62-55-34-12-4-24-46(55)47-25-5-13-35-56(47)62/h1-39H. The molecular weight excluding hydrogens is 763 g/mol. The Morgan fingerprint density at radius 3 is 0.968 bits per heavy atom. The molecule has 3 nitrogen and oxygen atoms in total. The summed E-state index contributed by atoms with van der Waals surface area (Å²) in [6.45, 7) is 0. The van der Waals surface area contributed by atoms with Crippen LogP contribution in [-0.2, 0) is 0 Å². The molecular formula is C60H39N3. The van der Waals surface area contributed by atoms with Gasteiger partial charge in [-0.2, -0.15) is 0 Å². The highest BCUT2D eigenvalue weighted by Gasteiger charge is 2.23. The summed E-state index contributed by atoms with van der Waals surface area (Å²) in [5.41, 5.74) is 17.5. The first-order chi connectivity index (χ1) is 31.3. The normalized spacial score (nSPS) is 11.8. The van der Waals surface area contributed by atoms with Crippen molar-refractivity contribution in [2.75, 3.05) is 0 Å². The van der Waals surface area contributed by atoms with E-state index in [9.17, 15) is 0 Å². The molecule has 0 unspecified atom stereocenters. The van der Waals surface area contributed by atoms with Gasteiger partial charge in [0.2, 0.25) is 0 Å². The molecule has 0 saturated heterocycles. The minimum absolute atomic E-state index is 1.14. The zero-order valence-electron chi connectivity index (χ0n) is 34.4. The lowest BCUT2D eigenvalue weighted by molar-refractivity contribution is 1.16. The van der Waals surface area contributed by atoms with Crippen LogP contribution in [0.5, 0.6) is 0 Å². The van der Waals surface area contributed by atoms with Crippen LogP contribution in [0.15, 0.2) is 237 Å². The molecule has 0 amide bonds. The third-order valence-corrected chi connectivity index (χ3v) is 13.1. The largest absolute Gasteiger partial charge is 0.309 e. The summed E-state index contributed by atoms with van der Waals surface area (Å²) >= 11 is 0. The van der Waals surface area contributed by atoms with Crippen LogP contribution in [0.3, 0.4) is 0 Å². The van der Waals surface area contributed by atoms with Gasteiger partial charge >= 0.3 is 0 Å². The predicted octanol–water partition coefficient (Wildman–Crippen LogP) is 16.0. The molecule has 0 bridgehead atoms. The summed E-state index contributed by atoms with van der Waals surface area (Å²) in [6, 6.07) is 86.6. The van der Waals surface area contributed by atoms with Crippen LogP contribution in [0.1, 0.15) is 0 Å². The molecule has 0 aliphatic carbocycles. The maximum atomic E-state index is 2.51. The molecule has 10 aromatic carbocycles. The van der Waals surface area contributed by atoms with Gasteiger partial charge in [-0.1, -0.05) is 182 Å². The first kappa shape index (κ1) is 35.4. The van der Waals surface area contributed by atoms with Crippen LogP contribution in [0.2, 0.25) is 0 Å². The number of para-hydroxylation sites is 9. The van der Waals surface area contributed by atoms with Gasteiger partial charge in [0.15, 0.2) is 0 Å². The van der Waals surface area contributed by atoms with Gasteiger partial charge in [-0.3, -0.25) is 0 Å². The Balaban J connectivity index is 1.09. The predicted molar refractivity (Wildman–Crippen MR) is 266 cm³/mol. The number of fused-ring (bicyclic) bond motifs is 9. The first-order valence-electron chi connectivity index (χ1n) is 21.7. The molecule has 13 rings (SSSR count). The Kier molecular flexibility index (Phi) is 7.91. The summed E-state index contributed by atoms with van der Waals surface area (Å²) in [5, 5.41) is 7.47. The summed E-state index contributed by atoms with van der Waals surface area (Å²) in [4.78, 5) is 0. The molecule has 3 aromatic heterocycles. The lowest BCUT2D eigenvalue weighted by Crippen LogP contribution is -2.03. The molecule has 0 spiro atoms. The maximum Gasteiger partial charge on any atom is 0.0619 e. The van der Waals surface area contributed by atoms with Crippen molar-refractivity contribution in [3.63, 3.8) is 0 Å². The van der Waals surface area contributed by atoms with Gasteiger partial charge in [0.1, 0.15) is 0 Å². The van der Waals surface area contributed by atoms with E-state index in [0.29, 0.717) is 0 Å². The zero-order chi connectivity index (χ0) is 41.4. The van der Waals surface area contributed by atoms with Gasteiger partial charge in [-0.25, -0.2) is 0 Å². The van der Waals surface area contributed by atoms with Crippen molar-refractivity contribution >= 4 is 65.4 Å². The quantitative estimate of drug-likeness (QED) is 0.159. The van der Waals surface area contributed by atoms with E-state index in [1.165, 1.54) is 71.0 Å². The number of rotatable bonds is 6. The lowest BCUT2D eigenvalue weighted by Gasteiger charge is -2.22. The molecule has 0 N–H and O–H groups in total. The van der Waals surface area contributed by atoms with Gasteiger partial charge in [0, 0.05) is 54.6 Å². The van der Waals surface area contributed by atoms with Crippen LogP contribution in [0.4, 0.5) is 0 Å². The second kappa shape index (κ2) is 14.1. The molecule has 3 heteroatoms. The van der Waals surface area contributed by atoms with E-state index in [1.807, 2.05) is 0 Å². The van der Waals surface area contributed by atoms with Crippen molar-refractivity contribution in [2.45, 2.75) is 0 Å². The molecule has 0 saturated carbocycles. The Labute approximate surface area is 364 Å². The fourth-order valence-electron chi connectivity index (χ4n) is 10.4. The van der Waals surface area contributed by atoms with E-state index in [-0.39, 0.29) is 0 Å². The van der Waals surface area contributed by atoms with E-state index < -0.39 is 0 Å². The summed E-state index contributed by atoms with van der Waals surface area (Å²) in [6.07, 6.45) is 0. The van der Waals surface area contributed by atoms with Crippen LogP contribution >= 0.6 is 0 Å². The van der Waals surface area contributed by atoms with Crippen LogP contribution < -0.4 is 0 Å². The average Bonchev–Trinajstić information content (AvgIpc) is 4.00. The fraction of sp³-hybridized carbons (Fsp3) is 0. The van der Waals surface area contributed by atoms with Crippen LogP contribution in [0, 0.1) is 0 Å². The Hall–Kier alpha value is -8.40. The molecule has 0 aliphatic heterocycles. The maximum absolute atomic E-state index is 2.51. The average molecular weight is 802 g/mol. The third kappa shape index (κ3) is 5.33. The smallest absolute Gasteiger partial charge is 0.0619 e. The monoisotopic (exact) mass is 801 g/mol. The van der Waals surface area contributed by atoms with Crippen molar-refractivity contribution in [2.24, 2.45) is 0 Å². The van der Waals surface area contributed by atoms with Crippen LogP contribution in [0.25, 0.3) is 116 Å². The van der Waals surface area contributed by atoms with E-state index in [2.05, 4.69) is 250 Å². The van der Waals surface area contributed by atoms with E-state index in [0.717, 1.165) is 44.9 Å². The number of hydrogen-bond acceptors (Lipinski definition) is 0. The van der Waals surface area contributed by atoms with Gasteiger partial charge < -0.3 is 13.7 Å². The van der Waals surface area contributed by atoms with Crippen molar-refractivity contribution < 1.29 is 0 Å². The van der Waals surface area contributed by atoms with E-state index >= 15 is 0 Å². The SMILES string of the molecule is c1cc(-c2ccccc2-n2c3ccccc3c3ccccc32)cc(-c2cccc(-c3ccccc3-n3c4ccccc4c4ccccc43)c2-n2c3ccccc3c3ccccc32)c1. The van der Waals surface area contributed by atoms with Crippen molar-refractivity contribution in [1.82, 2.24) is 13.7 Å². The van der Waals surface area contributed by atoms with E-state index in [1.54, 1.807) is 0 Å². The second-order valence-electron chi connectivity index (χ2n) is 16.4. The Bertz CT molecular complexity index is 3770. The summed E-state index contributed by atoms with van der Waals surface area (Å²) < 4.78 is 7.40. The summed E-state index contributed by atoms with van der Waals surface area (Å²) in [7, 11) is 0. The minimum atomic E-state index is 1.14.